The van der Waals surface area contributed by atoms with E-state index in [0.29, 0.717) is 6.54 Å². The van der Waals surface area contributed by atoms with Gasteiger partial charge in [0.05, 0.1) is 6.42 Å². The van der Waals surface area contributed by atoms with Gasteiger partial charge in [0, 0.05) is 24.1 Å². The fourth-order valence-electron chi connectivity index (χ4n) is 1.93. The molecule has 0 unspecified atom stereocenters. The maximum Gasteiger partial charge on any atom is 0.390 e. The van der Waals surface area contributed by atoms with Gasteiger partial charge in [-0.1, -0.05) is 35.0 Å². The molecular formula is C15H22BrF3N2. The van der Waals surface area contributed by atoms with E-state index in [4.69, 9.17) is 0 Å². The van der Waals surface area contributed by atoms with Crippen molar-refractivity contribution in [3.8, 4) is 0 Å². The summed E-state index contributed by atoms with van der Waals surface area (Å²) in [5.41, 5.74) is 2.16. The van der Waals surface area contributed by atoms with Crippen LogP contribution in [0.4, 0.5) is 13.2 Å². The normalized spacial score (nSPS) is 12.1. The van der Waals surface area contributed by atoms with E-state index in [1.54, 1.807) is 11.9 Å². The summed E-state index contributed by atoms with van der Waals surface area (Å²) in [6.07, 6.45) is -3.79. The van der Waals surface area contributed by atoms with Crippen LogP contribution in [0.15, 0.2) is 22.7 Å². The van der Waals surface area contributed by atoms with Crippen LogP contribution in [0.1, 0.15) is 30.9 Å². The fraction of sp³-hybridized carbons (Fsp3) is 0.600. The second-order valence-corrected chi connectivity index (χ2v) is 6.06. The lowest BCUT2D eigenvalue weighted by Gasteiger charge is -2.19. The molecule has 0 atom stereocenters. The fourth-order valence-corrected chi connectivity index (χ4v) is 2.48. The van der Waals surface area contributed by atoms with E-state index in [1.165, 1.54) is 0 Å². The van der Waals surface area contributed by atoms with Gasteiger partial charge in [0.15, 0.2) is 0 Å². The molecule has 0 aliphatic carbocycles. The van der Waals surface area contributed by atoms with Crippen LogP contribution in [0.2, 0.25) is 0 Å². The standard InChI is InChI=1S/C15H22BrF3N2/c1-3-7-20-10-12-4-5-13(14(16)9-12)11-21(2)8-6-15(17,18)19/h4-5,9,20H,3,6-8,10-11H2,1-2H3. The Morgan fingerprint density at radius 2 is 2.00 bits per heavy atom. The topological polar surface area (TPSA) is 15.3 Å². The first-order valence-corrected chi connectivity index (χ1v) is 7.84. The molecule has 1 rings (SSSR count). The van der Waals surface area contributed by atoms with Crippen molar-refractivity contribution in [3.05, 3.63) is 33.8 Å². The van der Waals surface area contributed by atoms with Gasteiger partial charge in [-0.3, -0.25) is 0 Å². The van der Waals surface area contributed by atoms with E-state index in [0.717, 1.165) is 35.1 Å². The molecule has 1 aromatic carbocycles. The predicted octanol–water partition coefficient (Wildman–Crippen LogP) is 4.33. The van der Waals surface area contributed by atoms with Gasteiger partial charge >= 0.3 is 6.18 Å². The Bertz CT molecular complexity index is 435. The zero-order chi connectivity index (χ0) is 15.9. The van der Waals surface area contributed by atoms with Gasteiger partial charge in [0.2, 0.25) is 0 Å². The van der Waals surface area contributed by atoms with Crippen molar-refractivity contribution in [2.24, 2.45) is 0 Å². The largest absolute Gasteiger partial charge is 0.390 e. The van der Waals surface area contributed by atoms with Crippen LogP contribution in [-0.2, 0) is 13.1 Å². The molecule has 2 nitrogen and oxygen atoms in total. The van der Waals surface area contributed by atoms with Crippen molar-refractivity contribution in [1.82, 2.24) is 10.2 Å². The predicted molar refractivity (Wildman–Crippen MR) is 83.1 cm³/mol. The van der Waals surface area contributed by atoms with Crippen molar-refractivity contribution in [3.63, 3.8) is 0 Å². The maximum atomic E-state index is 12.2. The van der Waals surface area contributed by atoms with Crippen molar-refractivity contribution in [2.45, 2.75) is 39.0 Å². The van der Waals surface area contributed by atoms with Crippen LogP contribution in [0.25, 0.3) is 0 Å². The summed E-state index contributed by atoms with van der Waals surface area (Å²) in [5, 5.41) is 3.32. The number of halogens is 4. The SMILES string of the molecule is CCCNCc1ccc(CN(C)CCC(F)(F)F)c(Br)c1. The molecule has 0 fully saturated rings. The van der Waals surface area contributed by atoms with E-state index in [1.807, 2.05) is 18.2 Å². The molecule has 1 aromatic rings. The highest BCUT2D eigenvalue weighted by molar-refractivity contribution is 9.10. The highest BCUT2D eigenvalue weighted by Gasteiger charge is 2.27. The smallest absolute Gasteiger partial charge is 0.313 e. The maximum absolute atomic E-state index is 12.2. The first-order chi connectivity index (χ1) is 9.81. The average Bonchev–Trinajstić information content (AvgIpc) is 2.39. The van der Waals surface area contributed by atoms with Gasteiger partial charge in [0.1, 0.15) is 0 Å². The molecule has 0 aliphatic rings. The molecule has 0 saturated carbocycles. The van der Waals surface area contributed by atoms with Crippen LogP contribution < -0.4 is 5.32 Å². The summed E-state index contributed by atoms with van der Waals surface area (Å²) in [6, 6.07) is 6.01. The Morgan fingerprint density at radius 1 is 1.29 bits per heavy atom. The molecule has 0 spiro atoms. The first-order valence-electron chi connectivity index (χ1n) is 7.05. The van der Waals surface area contributed by atoms with Crippen LogP contribution in [0, 0.1) is 0 Å². The molecule has 0 aromatic heterocycles. The van der Waals surface area contributed by atoms with Crippen molar-refractivity contribution in [2.75, 3.05) is 20.1 Å². The average molecular weight is 367 g/mol. The van der Waals surface area contributed by atoms with Gasteiger partial charge in [-0.2, -0.15) is 13.2 Å². The molecular weight excluding hydrogens is 345 g/mol. The number of nitrogens with zero attached hydrogens (tertiary/aromatic N) is 1. The second-order valence-electron chi connectivity index (χ2n) is 5.21. The molecule has 1 N–H and O–H groups in total. The lowest BCUT2D eigenvalue weighted by Crippen LogP contribution is -2.24. The van der Waals surface area contributed by atoms with E-state index in [2.05, 4.69) is 28.2 Å². The molecule has 0 saturated heterocycles. The number of alkyl halides is 3. The third-order valence-corrected chi connectivity index (χ3v) is 3.83. The number of rotatable bonds is 8. The zero-order valence-electron chi connectivity index (χ0n) is 12.4. The van der Waals surface area contributed by atoms with Crippen LogP contribution in [0.3, 0.4) is 0 Å². The molecule has 0 heterocycles. The number of benzene rings is 1. The summed E-state index contributed by atoms with van der Waals surface area (Å²) < 4.78 is 37.5. The van der Waals surface area contributed by atoms with E-state index >= 15 is 0 Å². The zero-order valence-corrected chi connectivity index (χ0v) is 14.0. The van der Waals surface area contributed by atoms with Gasteiger partial charge < -0.3 is 10.2 Å². The van der Waals surface area contributed by atoms with Crippen LogP contribution >= 0.6 is 15.9 Å². The van der Waals surface area contributed by atoms with Gasteiger partial charge in [-0.25, -0.2) is 0 Å². The Morgan fingerprint density at radius 3 is 2.57 bits per heavy atom. The molecule has 0 aliphatic heterocycles. The van der Waals surface area contributed by atoms with Crippen LogP contribution in [0.5, 0.6) is 0 Å². The molecule has 0 amide bonds. The summed E-state index contributed by atoms with van der Waals surface area (Å²) in [4.78, 5) is 1.68. The van der Waals surface area contributed by atoms with Gasteiger partial charge in [-0.05, 0) is 37.2 Å². The Labute approximate surface area is 132 Å². The monoisotopic (exact) mass is 366 g/mol. The minimum atomic E-state index is -4.10. The minimum absolute atomic E-state index is 0.00967. The van der Waals surface area contributed by atoms with Gasteiger partial charge in [-0.15, -0.1) is 0 Å². The number of hydrogen-bond donors (Lipinski definition) is 1. The van der Waals surface area contributed by atoms with E-state index < -0.39 is 12.6 Å². The number of hydrogen-bond acceptors (Lipinski definition) is 2. The summed E-state index contributed by atoms with van der Waals surface area (Å²) in [5.74, 6) is 0. The quantitative estimate of drug-likeness (QED) is 0.688. The minimum Gasteiger partial charge on any atom is -0.313 e. The van der Waals surface area contributed by atoms with Crippen LogP contribution in [-0.4, -0.2) is 31.2 Å². The third kappa shape index (κ3) is 7.83. The Hall–Kier alpha value is -0.590. The molecule has 21 heavy (non-hydrogen) atoms. The van der Waals surface area contributed by atoms with E-state index in [9.17, 15) is 13.2 Å². The Kier molecular flexibility index (Phi) is 7.70. The van der Waals surface area contributed by atoms with E-state index in [-0.39, 0.29) is 6.54 Å². The Balaban J connectivity index is 2.51. The van der Waals surface area contributed by atoms with Crippen molar-refractivity contribution in [1.29, 1.82) is 0 Å². The van der Waals surface area contributed by atoms with Gasteiger partial charge in [0.25, 0.3) is 0 Å². The summed E-state index contributed by atoms with van der Waals surface area (Å²) >= 11 is 3.50. The molecule has 0 bridgehead atoms. The highest BCUT2D eigenvalue weighted by atomic mass is 79.9. The molecule has 120 valence electrons. The lowest BCUT2D eigenvalue weighted by atomic mass is 10.1. The second kappa shape index (κ2) is 8.76. The molecule has 6 heteroatoms. The third-order valence-electron chi connectivity index (χ3n) is 3.09. The van der Waals surface area contributed by atoms with Crippen molar-refractivity contribution >= 4 is 15.9 Å². The summed E-state index contributed by atoms with van der Waals surface area (Å²) in [7, 11) is 1.70. The lowest BCUT2D eigenvalue weighted by molar-refractivity contribution is -0.137. The first kappa shape index (κ1) is 18.5. The number of nitrogens with one attached hydrogen (secondary N) is 1. The highest BCUT2D eigenvalue weighted by Crippen LogP contribution is 2.22. The summed E-state index contributed by atoms with van der Waals surface area (Å²) in [6.45, 7) is 4.40. The van der Waals surface area contributed by atoms with Crippen molar-refractivity contribution < 1.29 is 13.2 Å². The molecule has 0 radical (unpaired) electrons.